The Morgan fingerprint density at radius 1 is 1.10 bits per heavy atom. The molecule has 1 N–H and O–H groups in total. The molecule has 2 fully saturated rings. The molecule has 2 rings (SSSR count). The van der Waals surface area contributed by atoms with Gasteiger partial charge in [-0.15, -0.1) is 0 Å². The summed E-state index contributed by atoms with van der Waals surface area (Å²) in [6.45, 7) is 8.72. The molecule has 0 spiro atoms. The normalized spacial score (nSPS) is 24.9. The van der Waals surface area contributed by atoms with E-state index >= 15 is 0 Å². The van der Waals surface area contributed by atoms with Crippen LogP contribution in [-0.2, 0) is 9.59 Å². The van der Waals surface area contributed by atoms with E-state index in [0.717, 1.165) is 51.9 Å². The van der Waals surface area contributed by atoms with Gasteiger partial charge in [0.1, 0.15) is 0 Å². The maximum Gasteiger partial charge on any atom is 0.225 e. The number of piperidine rings is 2. The summed E-state index contributed by atoms with van der Waals surface area (Å²) in [5, 5.41) is 3.21. The molecule has 2 aliphatic heterocycles. The quantitative estimate of drug-likeness (QED) is 0.849. The molecule has 2 heterocycles. The van der Waals surface area contributed by atoms with Crippen LogP contribution in [0.25, 0.3) is 0 Å². The fraction of sp³-hybridized carbons (Fsp3) is 0.875. The molecule has 0 radical (unpaired) electrons. The Bertz CT molecular complexity index is 365. The fourth-order valence-electron chi connectivity index (χ4n) is 3.35. The predicted octanol–water partition coefficient (Wildman–Crippen LogP) is 1.24. The van der Waals surface area contributed by atoms with Gasteiger partial charge in [0.15, 0.2) is 0 Å². The van der Waals surface area contributed by atoms with Crippen LogP contribution in [0.15, 0.2) is 0 Å². The van der Waals surface area contributed by atoms with Crippen molar-refractivity contribution in [2.24, 2.45) is 5.92 Å². The Balaban J connectivity index is 1.79. The van der Waals surface area contributed by atoms with Gasteiger partial charge in [-0.25, -0.2) is 0 Å². The number of nitrogens with one attached hydrogen (secondary N) is 1. The molecule has 5 heteroatoms. The molecule has 1 unspecified atom stereocenters. The average molecular weight is 295 g/mol. The van der Waals surface area contributed by atoms with E-state index in [2.05, 4.69) is 17.1 Å². The number of hydrogen-bond donors (Lipinski definition) is 1. The number of carbonyl (C=O) groups is 2. The Kier molecular flexibility index (Phi) is 6.03. The minimum absolute atomic E-state index is 0.0153. The standard InChI is InChI=1S/C16H29N3O2/c1-3-15(20)19-9-5-6-13(12-19)16(21)17-14-7-10-18(4-2)11-8-14/h13-14H,3-12H2,1-2H3,(H,17,21). The number of hydrogen-bond acceptors (Lipinski definition) is 3. The van der Waals surface area contributed by atoms with Gasteiger partial charge in [-0.1, -0.05) is 13.8 Å². The molecule has 2 saturated heterocycles. The van der Waals surface area contributed by atoms with Gasteiger partial charge >= 0.3 is 0 Å². The lowest BCUT2D eigenvalue weighted by molar-refractivity contribution is -0.135. The molecule has 120 valence electrons. The second-order valence-electron chi connectivity index (χ2n) is 6.25. The van der Waals surface area contributed by atoms with E-state index in [1.807, 2.05) is 11.8 Å². The van der Waals surface area contributed by atoms with Gasteiger partial charge in [0.05, 0.1) is 5.92 Å². The molecule has 0 bridgehead atoms. The summed E-state index contributed by atoms with van der Waals surface area (Å²) in [6, 6.07) is 0.317. The smallest absolute Gasteiger partial charge is 0.225 e. The largest absolute Gasteiger partial charge is 0.353 e. The first-order chi connectivity index (χ1) is 10.1. The molecule has 2 aliphatic rings. The van der Waals surface area contributed by atoms with Crippen molar-refractivity contribution in [2.45, 2.75) is 52.0 Å². The molecule has 1 atom stereocenters. The van der Waals surface area contributed by atoms with Crippen LogP contribution < -0.4 is 5.32 Å². The zero-order valence-electron chi connectivity index (χ0n) is 13.4. The van der Waals surface area contributed by atoms with Crippen molar-refractivity contribution in [3.63, 3.8) is 0 Å². The zero-order chi connectivity index (χ0) is 15.2. The fourth-order valence-corrected chi connectivity index (χ4v) is 3.35. The molecule has 0 aliphatic carbocycles. The number of rotatable bonds is 4. The third-order valence-corrected chi connectivity index (χ3v) is 4.83. The van der Waals surface area contributed by atoms with Crippen LogP contribution in [0.2, 0.25) is 0 Å². The van der Waals surface area contributed by atoms with Crippen molar-refractivity contribution >= 4 is 11.8 Å². The van der Waals surface area contributed by atoms with E-state index in [-0.39, 0.29) is 17.7 Å². The monoisotopic (exact) mass is 295 g/mol. The second kappa shape index (κ2) is 7.78. The maximum absolute atomic E-state index is 12.4. The van der Waals surface area contributed by atoms with Crippen LogP contribution in [0.1, 0.15) is 46.0 Å². The van der Waals surface area contributed by atoms with Gasteiger partial charge in [-0.2, -0.15) is 0 Å². The highest BCUT2D eigenvalue weighted by Gasteiger charge is 2.29. The van der Waals surface area contributed by atoms with Crippen LogP contribution in [-0.4, -0.2) is 60.4 Å². The van der Waals surface area contributed by atoms with E-state index in [1.165, 1.54) is 0 Å². The van der Waals surface area contributed by atoms with Crippen LogP contribution in [0, 0.1) is 5.92 Å². The number of likely N-dealkylation sites (tertiary alicyclic amines) is 2. The SMILES string of the molecule is CCC(=O)N1CCCC(C(=O)NC2CCN(CC)CC2)C1. The van der Waals surface area contributed by atoms with Crippen molar-refractivity contribution in [3.8, 4) is 0 Å². The number of nitrogens with zero attached hydrogens (tertiary/aromatic N) is 2. The molecular formula is C16H29N3O2. The van der Waals surface area contributed by atoms with Gasteiger partial charge < -0.3 is 15.1 Å². The summed E-state index contributed by atoms with van der Waals surface area (Å²) < 4.78 is 0. The predicted molar refractivity (Wildman–Crippen MR) is 82.9 cm³/mol. The third-order valence-electron chi connectivity index (χ3n) is 4.83. The summed E-state index contributed by atoms with van der Waals surface area (Å²) in [5.74, 6) is 0.306. The Hall–Kier alpha value is -1.10. The van der Waals surface area contributed by atoms with E-state index in [9.17, 15) is 9.59 Å². The summed E-state index contributed by atoms with van der Waals surface area (Å²) >= 11 is 0. The molecule has 2 amide bonds. The summed E-state index contributed by atoms with van der Waals surface area (Å²) in [4.78, 5) is 28.5. The topological polar surface area (TPSA) is 52.7 Å². The van der Waals surface area contributed by atoms with Gasteiger partial charge in [-0.05, 0) is 32.2 Å². The van der Waals surface area contributed by atoms with Gasteiger partial charge in [0.2, 0.25) is 11.8 Å². The number of amides is 2. The highest BCUT2D eigenvalue weighted by atomic mass is 16.2. The van der Waals surface area contributed by atoms with E-state index in [1.54, 1.807) is 0 Å². The maximum atomic E-state index is 12.4. The molecule has 0 aromatic carbocycles. The lowest BCUT2D eigenvalue weighted by Crippen LogP contribution is -2.50. The third kappa shape index (κ3) is 4.43. The van der Waals surface area contributed by atoms with E-state index in [4.69, 9.17) is 0 Å². The summed E-state index contributed by atoms with van der Waals surface area (Å²) in [6.07, 6.45) is 4.48. The van der Waals surface area contributed by atoms with Crippen molar-refractivity contribution in [1.82, 2.24) is 15.1 Å². The lowest BCUT2D eigenvalue weighted by Gasteiger charge is -2.35. The summed E-state index contributed by atoms with van der Waals surface area (Å²) in [5.41, 5.74) is 0. The van der Waals surface area contributed by atoms with Crippen LogP contribution in [0.5, 0.6) is 0 Å². The lowest BCUT2D eigenvalue weighted by atomic mass is 9.95. The van der Waals surface area contributed by atoms with Gasteiger partial charge in [0.25, 0.3) is 0 Å². The van der Waals surface area contributed by atoms with Crippen molar-refractivity contribution in [1.29, 1.82) is 0 Å². The Morgan fingerprint density at radius 2 is 1.81 bits per heavy atom. The number of carbonyl (C=O) groups excluding carboxylic acids is 2. The minimum Gasteiger partial charge on any atom is -0.353 e. The van der Waals surface area contributed by atoms with E-state index in [0.29, 0.717) is 19.0 Å². The van der Waals surface area contributed by atoms with Crippen LogP contribution in [0.3, 0.4) is 0 Å². The first-order valence-electron chi connectivity index (χ1n) is 8.44. The van der Waals surface area contributed by atoms with Gasteiger partial charge in [0, 0.05) is 38.6 Å². The average Bonchev–Trinajstić information content (AvgIpc) is 2.55. The Morgan fingerprint density at radius 3 is 2.43 bits per heavy atom. The Labute approximate surface area is 128 Å². The van der Waals surface area contributed by atoms with Crippen molar-refractivity contribution in [2.75, 3.05) is 32.7 Å². The van der Waals surface area contributed by atoms with Gasteiger partial charge in [-0.3, -0.25) is 9.59 Å². The first kappa shape index (κ1) is 16.3. The van der Waals surface area contributed by atoms with E-state index < -0.39 is 0 Å². The molecule has 0 aromatic heterocycles. The molecule has 0 aromatic rings. The second-order valence-corrected chi connectivity index (χ2v) is 6.25. The zero-order valence-corrected chi connectivity index (χ0v) is 13.4. The molecule has 0 saturated carbocycles. The van der Waals surface area contributed by atoms with Crippen molar-refractivity contribution in [3.05, 3.63) is 0 Å². The summed E-state index contributed by atoms with van der Waals surface area (Å²) in [7, 11) is 0. The van der Waals surface area contributed by atoms with Crippen LogP contribution >= 0.6 is 0 Å². The molecular weight excluding hydrogens is 266 g/mol. The van der Waals surface area contributed by atoms with Crippen LogP contribution in [0.4, 0.5) is 0 Å². The molecule has 5 nitrogen and oxygen atoms in total. The first-order valence-corrected chi connectivity index (χ1v) is 8.44. The van der Waals surface area contributed by atoms with Crippen molar-refractivity contribution < 1.29 is 9.59 Å². The molecule has 21 heavy (non-hydrogen) atoms. The minimum atomic E-state index is -0.0153. The highest BCUT2D eigenvalue weighted by Crippen LogP contribution is 2.18. The highest BCUT2D eigenvalue weighted by molar-refractivity contribution is 5.81.